The average molecular weight is 201 g/mol. The molecule has 0 saturated carbocycles. The lowest BCUT2D eigenvalue weighted by molar-refractivity contribution is 0.793. The Balaban J connectivity index is 2.74. The summed E-state index contributed by atoms with van der Waals surface area (Å²) in [5.74, 6) is 0.649. The Hall–Kier alpha value is -0.0131. The Labute approximate surface area is 81.0 Å². The number of halogens is 1. The van der Waals surface area contributed by atoms with Gasteiger partial charge in [-0.05, 0) is 17.9 Å². The maximum Gasteiger partial charge on any atom is 0.177 e. The molecule has 2 heteroatoms. The molecule has 0 fully saturated rings. The van der Waals surface area contributed by atoms with Gasteiger partial charge in [0.1, 0.15) is 0 Å². The molecule has 1 aliphatic carbocycles. The Kier molecular flexibility index (Phi) is 2.84. The summed E-state index contributed by atoms with van der Waals surface area (Å²) in [6.45, 7) is 8.84. The molecule has 0 saturated heterocycles. The molecular formula is C10H17ClSi. The van der Waals surface area contributed by atoms with Crippen LogP contribution in [0.4, 0.5) is 0 Å². The minimum Gasteiger partial charge on any atom is -0.162 e. The topological polar surface area (TPSA) is 0 Å². The second-order valence-electron chi connectivity index (χ2n) is 4.20. The molecule has 0 spiro atoms. The molecule has 1 rings (SSSR count). The molecule has 0 N–H and O–H groups in total. The van der Waals surface area contributed by atoms with Crippen molar-refractivity contribution in [3.05, 3.63) is 22.9 Å². The zero-order valence-corrected chi connectivity index (χ0v) is 10.1. The van der Waals surface area contributed by atoms with Gasteiger partial charge in [-0.2, -0.15) is 11.1 Å². The summed E-state index contributed by atoms with van der Waals surface area (Å²) in [5, 5.41) is 1.48. The lowest BCUT2D eigenvalue weighted by atomic mass is 10.1. The summed E-state index contributed by atoms with van der Waals surface area (Å²) in [7, 11) is -1.53. The van der Waals surface area contributed by atoms with Gasteiger partial charge in [0.2, 0.25) is 0 Å². The van der Waals surface area contributed by atoms with E-state index in [1.807, 2.05) is 0 Å². The predicted octanol–water partition coefficient (Wildman–Crippen LogP) is 3.88. The molecule has 0 bridgehead atoms. The fourth-order valence-corrected chi connectivity index (χ4v) is 2.86. The molecule has 0 heterocycles. The van der Waals surface area contributed by atoms with Crippen molar-refractivity contribution in [3.63, 3.8) is 0 Å². The van der Waals surface area contributed by atoms with E-state index in [1.54, 1.807) is 0 Å². The van der Waals surface area contributed by atoms with Gasteiger partial charge in [-0.1, -0.05) is 44.3 Å². The molecular weight excluding hydrogens is 184 g/mol. The van der Waals surface area contributed by atoms with Crippen molar-refractivity contribution in [2.24, 2.45) is 5.92 Å². The highest BCUT2D eigenvalue weighted by atomic mass is 35.6. The van der Waals surface area contributed by atoms with Crippen molar-refractivity contribution in [1.29, 1.82) is 0 Å². The summed E-state index contributed by atoms with van der Waals surface area (Å²) in [6, 6.07) is 0. The second-order valence-corrected chi connectivity index (χ2v) is 10.6. The molecule has 0 aromatic heterocycles. The molecule has 1 aliphatic rings. The standard InChI is InChI=1S/C10H17ClSi/c1-8(2)9-5-6-10(7-9)12(3,4)11/h5,7-8H,6H2,1-4H3. The zero-order valence-electron chi connectivity index (χ0n) is 8.32. The van der Waals surface area contributed by atoms with Crippen LogP contribution >= 0.6 is 11.1 Å². The van der Waals surface area contributed by atoms with Crippen LogP contribution in [0.1, 0.15) is 20.3 Å². The Morgan fingerprint density at radius 2 is 2.00 bits per heavy atom. The normalized spacial score (nSPS) is 18.2. The highest BCUT2D eigenvalue weighted by molar-refractivity contribution is 7.23. The van der Waals surface area contributed by atoms with E-state index >= 15 is 0 Å². The van der Waals surface area contributed by atoms with Gasteiger partial charge in [-0.25, -0.2) is 0 Å². The van der Waals surface area contributed by atoms with Crippen LogP contribution in [0.5, 0.6) is 0 Å². The van der Waals surface area contributed by atoms with Crippen LogP contribution in [0, 0.1) is 5.92 Å². The number of hydrogen-bond donors (Lipinski definition) is 0. The van der Waals surface area contributed by atoms with Crippen LogP contribution in [-0.4, -0.2) is 7.38 Å². The summed E-state index contributed by atoms with van der Waals surface area (Å²) >= 11 is 6.35. The first kappa shape index (κ1) is 10.1. The van der Waals surface area contributed by atoms with Crippen molar-refractivity contribution in [2.75, 3.05) is 0 Å². The fourth-order valence-electron chi connectivity index (χ4n) is 1.36. The first-order valence-corrected chi connectivity index (χ1v) is 8.52. The SMILES string of the molecule is CC(C)C1=CCC([Si](C)(C)Cl)=C1. The van der Waals surface area contributed by atoms with E-state index in [1.165, 1.54) is 10.8 Å². The van der Waals surface area contributed by atoms with Gasteiger partial charge in [0.15, 0.2) is 7.38 Å². The molecule has 0 radical (unpaired) electrons. The fraction of sp³-hybridized carbons (Fsp3) is 0.600. The van der Waals surface area contributed by atoms with Gasteiger partial charge in [-0.3, -0.25) is 0 Å². The predicted molar refractivity (Wildman–Crippen MR) is 59.0 cm³/mol. The minimum absolute atomic E-state index is 0.649. The lowest BCUT2D eigenvalue weighted by Gasteiger charge is -2.13. The number of hydrogen-bond acceptors (Lipinski definition) is 0. The maximum absolute atomic E-state index is 6.35. The molecule has 0 nitrogen and oxygen atoms in total. The van der Waals surface area contributed by atoms with Gasteiger partial charge >= 0.3 is 0 Å². The highest BCUT2D eigenvalue weighted by Gasteiger charge is 2.25. The molecule has 12 heavy (non-hydrogen) atoms. The van der Waals surface area contributed by atoms with Crippen LogP contribution < -0.4 is 0 Å². The summed E-state index contributed by atoms with van der Waals surface area (Å²) in [4.78, 5) is 0. The smallest absolute Gasteiger partial charge is 0.162 e. The Bertz CT molecular complexity index is 231. The molecule has 0 aliphatic heterocycles. The monoisotopic (exact) mass is 200 g/mol. The highest BCUT2D eigenvalue weighted by Crippen LogP contribution is 2.31. The largest absolute Gasteiger partial charge is 0.177 e. The third-order valence-electron chi connectivity index (χ3n) is 2.33. The quantitative estimate of drug-likeness (QED) is 0.469. The van der Waals surface area contributed by atoms with Gasteiger partial charge in [0, 0.05) is 0 Å². The third kappa shape index (κ3) is 2.24. The number of rotatable bonds is 2. The van der Waals surface area contributed by atoms with Crippen molar-refractivity contribution < 1.29 is 0 Å². The zero-order chi connectivity index (χ0) is 9.35. The van der Waals surface area contributed by atoms with Crippen LogP contribution in [0.2, 0.25) is 13.1 Å². The molecule has 0 amide bonds. The molecule has 0 aromatic carbocycles. The van der Waals surface area contributed by atoms with E-state index in [-0.39, 0.29) is 0 Å². The van der Waals surface area contributed by atoms with Crippen molar-refractivity contribution in [3.8, 4) is 0 Å². The van der Waals surface area contributed by atoms with Crippen LogP contribution in [0.25, 0.3) is 0 Å². The van der Waals surface area contributed by atoms with E-state index in [2.05, 4.69) is 39.1 Å². The van der Waals surface area contributed by atoms with E-state index in [9.17, 15) is 0 Å². The molecule has 0 aromatic rings. The van der Waals surface area contributed by atoms with E-state index in [0.29, 0.717) is 5.92 Å². The van der Waals surface area contributed by atoms with Crippen LogP contribution in [-0.2, 0) is 0 Å². The Morgan fingerprint density at radius 3 is 2.25 bits per heavy atom. The van der Waals surface area contributed by atoms with Gasteiger partial charge in [-0.15, -0.1) is 0 Å². The summed E-state index contributed by atoms with van der Waals surface area (Å²) in [6.07, 6.45) is 5.72. The first-order valence-electron chi connectivity index (χ1n) is 4.51. The van der Waals surface area contributed by atoms with Crippen LogP contribution in [0.15, 0.2) is 22.9 Å². The minimum atomic E-state index is -1.53. The van der Waals surface area contributed by atoms with Crippen molar-refractivity contribution in [2.45, 2.75) is 33.4 Å². The van der Waals surface area contributed by atoms with E-state index in [0.717, 1.165) is 6.42 Å². The maximum atomic E-state index is 6.35. The molecule has 68 valence electrons. The number of allylic oxidation sites excluding steroid dienone is 4. The average Bonchev–Trinajstić information content (AvgIpc) is 2.30. The molecule has 0 atom stereocenters. The first-order chi connectivity index (χ1) is 5.41. The van der Waals surface area contributed by atoms with Gasteiger partial charge in [0.25, 0.3) is 0 Å². The van der Waals surface area contributed by atoms with Crippen molar-refractivity contribution >= 4 is 18.5 Å². The third-order valence-corrected chi connectivity index (χ3v) is 4.93. The van der Waals surface area contributed by atoms with E-state index < -0.39 is 7.38 Å². The second kappa shape index (κ2) is 3.39. The van der Waals surface area contributed by atoms with Gasteiger partial charge < -0.3 is 0 Å². The van der Waals surface area contributed by atoms with E-state index in [4.69, 9.17) is 11.1 Å². The summed E-state index contributed by atoms with van der Waals surface area (Å²) < 4.78 is 0. The van der Waals surface area contributed by atoms with Crippen molar-refractivity contribution in [1.82, 2.24) is 0 Å². The molecule has 0 unspecified atom stereocenters. The Morgan fingerprint density at radius 1 is 1.42 bits per heavy atom. The summed E-state index contributed by atoms with van der Waals surface area (Å²) in [5.41, 5.74) is 1.46. The lowest BCUT2D eigenvalue weighted by Crippen LogP contribution is -2.19. The van der Waals surface area contributed by atoms with Gasteiger partial charge in [0.05, 0.1) is 0 Å². The van der Waals surface area contributed by atoms with Crippen LogP contribution in [0.3, 0.4) is 0 Å².